The highest BCUT2D eigenvalue weighted by molar-refractivity contribution is 6.07. The van der Waals surface area contributed by atoms with Gasteiger partial charge >= 0.3 is 6.03 Å². The Balaban J connectivity index is 2.12. The Kier molecular flexibility index (Phi) is 2.81. The lowest BCUT2D eigenvalue weighted by Gasteiger charge is -2.29. The van der Waals surface area contributed by atoms with E-state index in [4.69, 9.17) is 5.73 Å². The number of nitrogens with two attached hydrogens (primary N) is 1. The molecule has 0 aromatic rings. The molecule has 0 bridgehead atoms. The van der Waals surface area contributed by atoms with Gasteiger partial charge in [0.15, 0.2) is 0 Å². The highest BCUT2D eigenvalue weighted by Crippen LogP contribution is 2.26. The van der Waals surface area contributed by atoms with Crippen molar-refractivity contribution in [2.45, 2.75) is 37.8 Å². The summed E-state index contributed by atoms with van der Waals surface area (Å²) in [4.78, 5) is 36.6. The first-order valence-electron chi connectivity index (χ1n) is 6.02. The van der Waals surface area contributed by atoms with E-state index in [1.807, 2.05) is 6.92 Å². The minimum Gasteiger partial charge on any atom is -0.338 e. The average Bonchev–Trinajstić information content (AvgIpc) is 2.84. The number of hydrogen-bond acceptors (Lipinski definition) is 4. The van der Waals surface area contributed by atoms with Crippen molar-refractivity contribution in [2.75, 3.05) is 13.1 Å². The first-order valence-corrected chi connectivity index (χ1v) is 6.02. The second-order valence-corrected chi connectivity index (χ2v) is 5.24. The van der Waals surface area contributed by atoms with Crippen LogP contribution in [0.15, 0.2) is 0 Å². The molecule has 1 spiro atoms. The van der Waals surface area contributed by atoms with Crippen molar-refractivity contribution >= 4 is 17.8 Å². The molecule has 0 radical (unpaired) electrons. The molecule has 7 nitrogen and oxygen atoms in total. The fourth-order valence-corrected chi connectivity index (χ4v) is 2.31. The normalized spacial score (nSPS) is 30.3. The Hall–Kier alpha value is -1.63. The Morgan fingerprint density at radius 3 is 2.72 bits per heavy atom. The smallest absolute Gasteiger partial charge is 0.322 e. The Morgan fingerprint density at radius 1 is 1.56 bits per heavy atom. The molecule has 7 heteroatoms. The topological polar surface area (TPSA) is 105 Å². The summed E-state index contributed by atoms with van der Waals surface area (Å²) in [6.45, 7) is 4.14. The van der Waals surface area contributed by atoms with Crippen LogP contribution >= 0.6 is 0 Å². The minimum absolute atomic E-state index is 0.184. The largest absolute Gasteiger partial charge is 0.338 e. The number of hydrogen-bond donors (Lipinski definition) is 3. The van der Waals surface area contributed by atoms with Crippen molar-refractivity contribution in [3.8, 4) is 0 Å². The van der Waals surface area contributed by atoms with E-state index in [9.17, 15) is 14.4 Å². The first kappa shape index (κ1) is 12.8. The van der Waals surface area contributed by atoms with Gasteiger partial charge in [-0.05, 0) is 19.8 Å². The van der Waals surface area contributed by atoms with Crippen molar-refractivity contribution in [1.29, 1.82) is 0 Å². The molecular formula is C11H18N4O3. The molecule has 4 N–H and O–H groups in total. The predicted molar refractivity (Wildman–Crippen MR) is 63.5 cm³/mol. The molecule has 2 heterocycles. The van der Waals surface area contributed by atoms with Crippen LogP contribution in [0.3, 0.4) is 0 Å². The van der Waals surface area contributed by atoms with Gasteiger partial charge in [-0.1, -0.05) is 6.92 Å². The van der Waals surface area contributed by atoms with Crippen molar-refractivity contribution in [3.63, 3.8) is 0 Å². The van der Waals surface area contributed by atoms with Gasteiger partial charge in [0.25, 0.3) is 5.91 Å². The van der Waals surface area contributed by atoms with E-state index in [-0.39, 0.29) is 18.4 Å². The maximum Gasteiger partial charge on any atom is 0.322 e. The lowest BCUT2D eigenvalue weighted by Crippen LogP contribution is -2.55. The van der Waals surface area contributed by atoms with Crippen LogP contribution in [0.4, 0.5) is 4.79 Å². The zero-order chi connectivity index (χ0) is 13.6. The van der Waals surface area contributed by atoms with Crippen LogP contribution < -0.4 is 16.4 Å². The van der Waals surface area contributed by atoms with E-state index < -0.39 is 17.1 Å². The number of carbonyl (C=O) groups excluding carboxylic acids is 3. The van der Waals surface area contributed by atoms with Crippen molar-refractivity contribution < 1.29 is 14.4 Å². The van der Waals surface area contributed by atoms with Crippen LogP contribution in [0.1, 0.15) is 26.7 Å². The molecule has 0 aliphatic carbocycles. The van der Waals surface area contributed by atoms with Gasteiger partial charge in [0.05, 0.1) is 12.1 Å². The van der Waals surface area contributed by atoms with Crippen LogP contribution in [0.25, 0.3) is 0 Å². The Bertz CT molecular complexity index is 421. The van der Waals surface area contributed by atoms with Crippen LogP contribution in [-0.2, 0) is 9.59 Å². The highest BCUT2D eigenvalue weighted by Gasteiger charge is 2.52. The monoisotopic (exact) mass is 254 g/mol. The summed E-state index contributed by atoms with van der Waals surface area (Å²) in [5, 5.41) is 4.80. The first-order chi connectivity index (χ1) is 8.31. The Morgan fingerprint density at radius 2 is 2.22 bits per heavy atom. The van der Waals surface area contributed by atoms with Crippen LogP contribution in [0.2, 0.25) is 0 Å². The fourth-order valence-electron chi connectivity index (χ4n) is 2.31. The maximum atomic E-state index is 12.2. The average molecular weight is 254 g/mol. The molecular weight excluding hydrogens is 236 g/mol. The lowest BCUT2D eigenvalue weighted by molar-refractivity contribution is -0.135. The molecule has 0 saturated carbocycles. The quantitative estimate of drug-likeness (QED) is 0.545. The minimum atomic E-state index is -0.962. The van der Waals surface area contributed by atoms with Crippen molar-refractivity contribution in [1.82, 2.24) is 15.5 Å². The summed E-state index contributed by atoms with van der Waals surface area (Å²) >= 11 is 0. The van der Waals surface area contributed by atoms with Gasteiger partial charge in [0.2, 0.25) is 5.91 Å². The number of likely N-dealkylation sites (tertiary alicyclic amines) is 1. The summed E-state index contributed by atoms with van der Waals surface area (Å²) in [5.41, 5.74) is 4.02. The molecule has 2 fully saturated rings. The van der Waals surface area contributed by atoms with Gasteiger partial charge in [-0.2, -0.15) is 0 Å². The molecule has 2 saturated heterocycles. The standard InChI is InChI=1S/C11H18N4O3/c1-3-10(2,12)8(17)15-5-4-11(6-15)7(16)13-9(18)14-11/h3-6,12H2,1-2H3,(H2,13,14,16,18). The predicted octanol–water partition coefficient (Wildman–Crippen LogP) is -1.08. The molecule has 0 aromatic heterocycles. The molecule has 2 aliphatic heterocycles. The zero-order valence-corrected chi connectivity index (χ0v) is 10.6. The summed E-state index contributed by atoms with van der Waals surface area (Å²) in [6.07, 6.45) is 0.948. The van der Waals surface area contributed by atoms with Crippen molar-refractivity contribution in [3.05, 3.63) is 0 Å². The van der Waals surface area contributed by atoms with E-state index >= 15 is 0 Å². The van der Waals surface area contributed by atoms with E-state index in [2.05, 4.69) is 10.6 Å². The van der Waals surface area contributed by atoms with Crippen LogP contribution in [0.5, 0.6) is 0 Å². The zero-order valence-electron chi connectivity index (χ0n) is 10.6. The van der Waals surface area contributed by atoms with Gasteiger partial charge in [0, 0.05) is 6.54 Å². The number of imide groups is 1. The third-order valence-corrected chi connectivity index (χ3v) is 3.79. The van der Waals surface area contributed by atoms with E-state index in [0.717, 1.165) is 0 Å². The number of urea groups is 1. The van der Waals surface area contributed by atoms with Crippen LogP contribution in [-0.4, -0.2) is 46.9 Å². The van der Waals surface area contributed by atoms with Crippen LogP contribution in [0, 0.1) is 0 Å². The molecule has 100 valence electrons. The molecule has 4 amide bonds. The van der Waals surface area contributed by atoms with Gasteiger partial charge in [-0.3, -0.25) is 14.9 Å². The van der Waals surface area contributed by atoms with Gasteiger partial charge in [-0.25, -0.2) is 4.79 Å². The van der Waals surface area contributed by atoms with Gasteiger partial charge in [0.1, 0.15) is 5.54 Å². The van der Waals surface area contributed by atoms with E-state index in [1.165, 1.54) is 0 Å². The summed E-state index contributed by atoms with van der Waals surface area (Å²) < 4.78 is 0. The van der Waals surface area contributed by atoms with Gasteiger partial charge in [-0.15, -0.1) is 0 Å². The summed E-state index contributed by atoms with van der Waals surface area (Å²) in [5.74, 6) is -0.547. The molecule has 2 aliphatic rings. The van der Waals surface area contributed by atoms with E-state index in [1.54, 1.807) is 11.8 Å². The second-order valence-electron chi connectivity index (χ2n) is 5.24. The lowest BCUT2D eigenvalue weighted by atomic mass is 9.98. The molecule has 18 heavy (non-hydrogen) atoms. The third-order valence-electron chi connectivity index (χ3n) is 3.79. The SMILES string of the molecule is CCC(C)(N)C(=O)N1CCC2(C1)NC(=O)NC2=O. The maximum absolute atomic E-state index is 12.2. The van der Waals surface area contributed by atoms with Crippen molar-refractivity contribution in [2.24, 2.45) is 5.73 Å². The second kappa shape index (κ2) is 3.94. The number of nitrogens with one attached hydrogen (secondary N) is 2. The number of nitrogens with zero attached hydrogens (tertiary/aromatic N) is 1. The van der Waals surface area contributed by atoms with Gasteiger partial charge < -0.3 is 16.0 Å². The Labute approximate surface area is 105 Å². The molecule has 2 rings (SSSR count). The summed E-state index contributed by atoms with van der Waals surface area (Å²) in [6, 6.07) is -0.500. The molecule has 2 atom stereocenters. The van der Waals surface area contributed by atoms with E-state index in [0.29, 0.717) is 19.4 Å². The number of carbonyl (C=O) groups is 3. The molecule has 2 unspecified atom stereocenters. The number of amides is 4. The molecule has 0 aromatic carbocycles. The summed E-state index contributed by atoms with van der Waals surface area (Å²) in [7, 11) is 0. The highest BCUT2D eigenvalue weighted by atomic mass is 16.2. The third kappa shape index (κ3) is 1.84. The fraction of sp³-hybridized carbons (Fsp3) is 0.727. The number of rotatable bonds is 2.